The Hall–Kier alpha value is -2.62. The summed E-state index contributed by atoms with van der Waals surface area (Å²) in [5, 5.41) is 9.37. The maximum absolute atomic E-state index is 12.9. The van der Waals surface area contributed by atoms with Gasteiger partial charge in [0, 0.05) is 18.7 Å². The first kappa shape index (κ1) is 17.2. The second kappa shape index (κ2) is 7.09. The molecule has 1 unspecified atom stereocenters. The normalized spacial score (nSPS) is 19.8. The van der Waals surface area contributed by atoms with Crippen LogP contribution in [-0.2, 0) is 17.6 Å². The summed E-state index contributed by atoms with van der Waals surface area (Å²) in [6.07, 6.45) is 2.16. The summed E-state index contributed by atoms with van der Waals surface area (Å²) >= 11 is 0. The van der Waals surface area contributed by atoms with Gasteiger partial charge in [-0.15, -0.1) is 0 Å². The number of carboxylic acids is 1. The summed E-state index contributed by atoms with van der Waals surface area (Å²) in [4.78, 5) is 26.0. The van der Waals surface area contributed by atoms with E-state index in [-0.39, 0.29) is 12.5 Å². The molecule has 0 aromatic heterocycles. The van der Waals surface area contributed by atoms with Gasteiger partial charge in [0.2, 0.25) is 0 Å². The van der Waals surface area contributed by atoms with Crippen LogP contribution in [0, 0.1) is 5.41 Å². The van der Waals surface area contributed by atoms with Crippen molar-refractivity contribution in [1.29, 1.82) is 0 Å². The van der Waals surface area contributed by atoms with Gasteiger partial charge in [0.15, 0.2) is 0 Å². The van der Waals surface area contributed by atoms with Crippen LogP contribution in [0.4, 0.5) is 0 Å². The Kier molecular flexibility index (Phi) is 4.88. The highest BCUT2D eigenvalue weighted by atomic mass is 16.4. The Morgan fingerprint density at radius 3 is 2.40 bits per heavy atom. The van der Waals surface area contributed by atoms with Gasteiger partial charge < -0.3 is 10.0 Å². The lowest BCUT2D eigenvalue weighted by Gasteiger charge is -2.21. The zero-order chi connectivity index (χ0) is 17.9. The number of aryl methyl sites for hydroxylation is 2. The molecule has 2 aromatic rings. The molecule has 3 rings (SSSR count). The third kappa shape index (κ3) is 3.73. The smallest absolute Gasteiger partial charge is 0.311 e. The molecule has 0 radical (unpaired) electrons. The van der Waals surface area contributed by atoms with E-state index in [4.69, 9.17) is 0 Å². The zero-order valence-corrected chi connectivity index (χ0v) is 14.4. The second-order valence-electron chi connectivity index (χ2n) is 6.99. The number of carboxylic acid groups (broad SMARTS) is 1. The number of likely N-dealkylation sites (tertiary alicyclic amines) is 1. The van der Waals surface area contributed by atoms with Crippen molar-refractivity contribution in [2.24, 2.45) is 5.41 Å². The number of nitrogens with zero attached hydrogens (tertiary/aromatic N) is 1. The van der Waals surface area contributed by atoms with Gasteiger partial charge in [0.1, 0.15) is 0 Å². The van der Waals surface area contributed by atoms with Crippen molar-refractivity contribution >= 4 is 11.9 Å². The average molecular weight is 337 g/mol. The van der Waals surface area contributed by atoms with Crippen LogP contribution in [0.2, 0.25) is 0 Å². The summed E-state index contributed by atoms with van der Waals surface area (Å²) in [7, 11) is 0. The predicted molar refractivity (Wildman–Crippen MR) is 96.6 cm³/mol. The van der Waals surface area contributed by atoms with Gasteiger partial charge in [-0.1, -0.05) is 48.5 Å². The molecule has 25 heavy (non-hydrogen) atoms. The van der Waals surface area contributed by atoms with E-state index in [0.29, 0.717) is 18.5 Å². The number of carbonyl (C=O) groups is 2. The lowest BCUT2D eigenvalue weighted by atomic mass is 9.90. The quantitative estimate of drug-likeness (QED) is 0.909. The minimum Gasteiger partial charge on any atom is -0.481 e. The Morgan fingerprint density at radius 2 is 1.72 bits per heavy atom. The second-order valence-corrected chi connectivity index (χ2v) is 6.99. The minimum absolute atomic E-state index is 0.0614. The van der Waals surface area contributed by atoms with Gasteiger partial charge in [0.05, 0.1) is 5.41 Å². The fourth-order valence-electron chi connectivity index (χ4n) is 3.35. The summed E-state index contributed by atoms with van der Waals surface area (Å²) in [5.41, 5.74) is 2.10. The van der Waals surface area contributed by atoms with Crippen molar-refractivity contribution in [1.82, 2.24) is 4.90 Å². The summed E-state index contributed by atoms with van der Waals surface area (Å²) < 4.78 is 0. The third-order valence-electron chi connectivity index (χ3n) is 5.05. The van der Waals surface area contributed by atoms with Crippen LogP contribution in [0.1, 0.15) is 34.8 Å². The van der Waals surface area contributed by atoms with E-state index < -0.39 is 11.4 Å². The van der Waals surface area contributed by atoms with Crippen LogP contribution >= 0.6 is 0 Å². The molecule has 0 spiro atoms. The van der Waals surface area contributed by atoms with E-state index in [1.54, 1.807) is 11.8 Å². The minimum atomic E-state index is -0.839. The standard InChI is InChI=1S/C21H23NO3/c1-21(20(24)25)13-14-22(15-21)19(23)18-10-6-5-9-17(18)12-11-16-7-3-2-4-8-16/h2-10H,11-15H2,1H3,(H,24,25). The Bertz CT molecular complexity index is 772. The molecule has 1 heterocycles. The lowest BCUT2D eigenvalue weighted by Crippen LogP contribution is -2.35. The summed E-state index contributed by atoms with van der Waals surface area (Å²) in [6.45, 7) is 2.48. The van der Waals surface area contributed by atoms with Crippen LogP contribution in [0.3, 0.4) is 0 Å². The average Bonchev–Trinajstić information content (AvgIpc) is 3.04. The number of hydrogen-bond donors (Lipinski definition) is 1. The van der Waals surface area contributed by atoms with E-state index >= 15 is 0 Å². The highest BCUT2D eigenvalue weighted by molar-refractivity contribution is 5.96. The largest absolute Gasteiger partial charge is 0.481 e. The summed E-state index contributed by atoms with van der Waals surface area (Å²) in [5.74, 6) is -0.895. The van der Waals surface area contributed by atoms with Crippen molar-refractivity contribution in [3.05, 3.63) is 71.3 Å². The Labute approximate surface area is 148 Å². The van der Waals surface area contributed by atoms with Gasteiger partial charge in [-0.3, -0.25) is 9.59 Å². The molecule has 1 fully saturated rings. The summed E-state index contributed by atoms with van der Waals surface area (Å²) in [6, 6.07) is 17.9. The van der Waals surface area contributed by atoms with Crippen molar-refractivity contribution in [2.75, 3.05) is 13.1 Å². The molecule has 0 saturated carbocycles. The van der Waals surface area contributed by atoms with Crippen molar-refractivity contribution < 1.29 is 14.7 Å². The molecule has 1 N–H and O–H groups in total. The van der Waals surface area contributed by atoms with Crippen LogP contribution in [0.25, 0.3) is 0 Å². The molecule has 130 valence electrons. The molecule has 1 saturated heterocycles. The molecule has 1 atom stereocenters. The van der Waals surface area contributed by atoms with Gasteiger partial charge in [-0.05, 0) is 43.4 Å². The fourth-order valence-corrected chi connectivity index (χ4v) is 3.35. The maximum atomic E-state index is 12.9. The van der Waals surface area contributed by atoms with Crippen molar-refractivity contribution in [3.63, 3.8) is 0 Å². The van der Waals surface area contributed by atoms with Gasteiger partial charge in [-0.2, -0.15) is 0 Å². The van der Waals surface area contributed by atoms with E-state index in [1.165, 1.54) is 5.56 Å². The topological polar surface area (TPSA) is 57.6 Å². The first-order chi connectivity index (χ1) is 12.0. The number of amides is 1. The van der Waals surface area contributed by atoms with Crippen LogP contribution < -0.4 is 0 Å². The number of aliphatic carboxylic acids is 1. The van der Waals surface area contributed by atoms with Crippen molar-refractivity contribution in [3.8, 4) is 0 Å². The monoisotopic (exact) mass is 337 g/mol. The highest BCUT2D eigenvalue weighted by Crippen LogP contribution is 2.31. The number of rotatable bonds is 5. The van der Waals surface area contributed by atoms with Gasteiger partial charge in [0.25, 0.3) is 5.91 Å². The first-order valence-electron chi connectivity index (χ1n) is 8.64. The van der Waals surface area contributed by atoms with E-state index in [0.717, 1.165) is 18.4 Å². The molecule has 1 aliphatic heterocycles. The predicted octanol–water partition coefficient (Wildman–Crippen LogP) is 3.41. The van der Waals surface area contributed by atoms with Gasteiger partial charge >= 0.3 is 5.97 Å². The number of benzene rings is 2. The molecule has 4 heteroatoms. The van der Waals surface area contributed by atoms with Gasteiger partial charge in [-0.25, -0.2) is 0 Å². The molecule has 4 nitrogen and oxygen atoms in total. The molecule has 1 aliphatic rings. The van der Waals surface area contributed by atoms with E-state index in [2.05, 4.69) is 12.1 Å². The van der Waals surface area contributed by atoms with Crippen LogP contribution in [-0.4, -0.2) is 35.0 Å². The SMILES string of the molecule is CC1(C(=O)O)CCN(C(=O)c2ccccc2CCc2ccccc2)C1. The van der Waals surface area contributed by atoms with E-state index in [1.807, 2.05) is 42.5 Å². The lowest BCUT2D eigenvalue weighted by molar-refractivity contribution is -0.147. The highest BCUT2D eigenvalue weighted by Gasteiger charge is 2.42. The van der Waals surface area contributed by atoms with Crippen LogP contribution in [0.15, 0.2) is 54.6 Å². The molecule has 0 aliphatic carbocycles. The third-order valence-corrected chi connectivity index (χ3v) is 5.05. The molecule has 0 bridgehead atoms. The Balaban J connectivity index is 1.74. The molecular formula is C21H23NO3. The van der Waals surface area contributed by atoms with Crippen LogP contribution in [0.5, 0.6) is 0 Å². The Morgan fingerprint density at radius 1 is 1.04 bits per heavy atom. The maximum Gasteiger partial charge on any atom is 0.311 e. The number of hydrogen-bond acceptors (Lipinski definition) is 2. The fraction of sp³-hybridized carbons (Fsp3) is 0.333. The first-order valence-corrected chi connectivity index (χ1v) is 8.64. The van der Waals surface area contributed by atoms with E-state index in [9.17, 15) is 14.7 Å². The molecule has 2 aromatic carbocycles. The van der Waals surface area contributed by atoms with Crippen molar-refractivity contribution in [2.45, 2.75) is 26.2 Å². The molecule has 1 amide bonds. The molecular weight excluding hydrogens is 314 g/mol. The zero-order valence-electron chi connectivity index (χ0n) is 14.4. The number of carbonyl (C=O) groups excluding carboxylic acids is 1.